The van der Waals surface area contributed by atoms with Crippen LogP contribution in [0.5, 0.6) is 0 Å². The topological polar surface area (TPSA) is 9.23 Å². The van der Waals surface area contributed by atoms with Gasteiger partial charge >= 0.3 is 0 Å². The van der Waals surface area contributed by atoms with Gasteiger partial charge in [0.1, 0.15) is 0 Å². The molecule has 2 aromatic carbocycles. The quantitative estimate of drug-likeness (QED) is 0.777. The summed E-state index contributed by atoms with van der Waals surface area (Å²) in [5.41, 5.74) is 0. The summed E-state index contributed by atoms with van der Waals surface area (Å²) in [5, 5.41) is 2.69. The second-order valence-electron chi connectivity index (χ2n) is 6.02. The van der Waals surface area contributed by atoms with Crippen molar-refractivity contribution in [3.05, 3.63) is 67.3 Å². The molecular formula is C18H23OSi. The van der Waals surface area contributed by atoms with E-state index in [2.05, 4.69) is 81.4 Å². The van der Waals surface area contributed by atoms with Gasteiger partial charge in [-0.3, -0.25) is 0 Å². The monoisotopic (exact) mass is 283 g/mol. The Kier molecular flexibility index (Phi) is 4.46. The Morgan fingerprint density at radius 1 is 0.800 bits per heavy atom. The van der Waals surface area contributed by atoms with Crippen LogP contribution < -0.4 is 10.4 Å². The van der Waals surface area contributed by atoms with Crippen LogP contribution in [-0.2, 0) is 4.43 Å². The minimum Gasteiger partial charge on any atom is -0.402 e. The highest BCUT2D eigenvalue weighted by molar-refractivity contribution is 6.99. The van der Waals surface area contributed by atoms with E-state index >= 15 is 0 Å². The van der Waals surface area contributed by atoms with Crippen molar-refractivity contribution >= 4 is 18.7 Å². The molecule has 0 spiro atoms. The Morgan fingerprint density at radius 2 is 1.20 bits per heavy atom. The summed E-state index contributed by atoms with van der Waals surface area (Å²) in [7, 11) is -2.30. The fraction of sp³-hybridized carbons (Fsp3) is 0.278. The van der Waals surface area contributed by atoms with Crippen LogP contribution >= 0.6 is 0 Å². The Labute approximate surface area is 123 Å². The molecule has 2 heteroatoms. The van der Waals surface area contributed by atoms with Crippen LogP contribution in [0, 0.1) is 6.61 Å². The van der Waals surface area contributed by atoms with E-state index in [-0.39, 0.29) is 5.04 Å². The summed E-state index contributed by atoms with van der Waals surface area (Å²) in [6, 6.07) is 21.3. The van der Waals surface area contributed by atoms with Gasteiger partial charge in [-0.15, -0.1) is 0 Å². The van der Waals surface area contributed by atoms with Crippen molar-refractivity contribution in [1.82, 2.24) is 0 Å². The van der Waals surface area contributed by atoms with Gasteiger partial charge in [0, 0.05) is 0 Å². The van der Waals surface area contributed by atoms with Gasteiger partial charge in [-0.25, -0.2) is 0 Å². The van der Waals surface area contributed by atoms with Crippen molar-refractivity contribution in [2.24, 2.45) is 0 Å². The summed E-state index contributed by atoms with van der Waals surface area (Å²) in [5.74, 6) is 0. The number of hydrogen-bond acceptors (Lipinski definition) is 1. The molecule has 0 fully saturated rings. The van der Waals surface area contributed by atoms with Gasteiger partial charge in [-0.1, -0.05) is 81.4 Å². The largest absolute Gasteiger partial charge is 0.402 e. The predicted octanol–water partition coefficient (Wildman–Crippen LogP) is 3.74. The maximum absolute atomic E-state index is 6.38. The van der Waals surface area contributed by atoms with Gasteiger partial charge in [-0.2, -0.15) is 0 Å². The highest BCUT2D eigenvalue weighted by Crippen LogP contribution is 2.36. The molecule has 0 saturated carbocycles. The number of benzene rings is 2. The first-order chi connectivity index (χ1) is 9.52. The second kappa shape index (κ2) is 5.94. The average molecular weight is 283 g/mol. The molecule has 0 aliphatic heterocycles. The third kappa shape index (κ3) is 2.58. The molecule has 0 aliphatic rings. The molecule has 1 nitrogen and oxygen atoms in total. The third-order valence-corrected chi connectivity index (χ3v) is 8.71. The zero-order valence-corrected chi connectivity index (χ0v) is 13.8. The summed E-state index contributed by atoms with van der Waals surface area (Å²) in [6.07, 6.45) is 0. The van der Waals surface area contributed by atoms with Crippen molar-refractivity contribution in [2.45, 2.75) is 32.7 Å². The molecule has 0 unspecified atom stereocenters. The highest BCUT2D eigenvalue weighted by Gasteiger charge is 2.49. The molecule has 0 atom stereocenters. The maximum atomic E-state index is 6.38. The maximum Gasteiger partial charge on any atom is 0.261 e. The average Bonchev–Trinajstić information content (AvgIpc) is 2.45. The van der Waals surface area contributed by atoms with Crippen molar-refractivity contribution in [2.75, 3.05) is 0 Å². The van der Waals surface area contributed by atoms with Crippen molar-refractivity contribution in [3.63, 3.8) is 0 Å². The van der Waals surface area contributed by atoms with Crippen LogP contribution in [0.15, 0.2) is 60.7 Å². The molecule has 0 bridgehead atoms. The van der Waals surface area contributed by atoms with Crippen LogP contribution in [0.3, 0.4) is 0 Å². The minimum atomic E-state index is -2.30. The highest BCUT2D eigenvalue weighted by atomic mass is 28.4. The first-order valence-corrected chi connectivity index (χ1v) is 9.00. The summed E-state index contributed by atoms with van der Waals surface area (Å²) in [6.45, 7) is 10.7. The lowest BCUT2D eigenvalue weighted by molar-refractivity contribution is 0.388. The Hall–Kier alpha value is -1.38. The van der Waals surface area contributed by atoms with E-state index in [0.29, 0.717) is 0 Å². The van der Waals surface area contributed by atoms with Crippen molar-refractivity contribution in [1.29, 1.82) is 0 Å². The molecule has 105 valence electrons. The lowest BCUT2D eigenvalue weighted by atomic mass is 10.2. The standard InChI is InChI=1S/C18H23OSi/c1-5-19-20(18(2,3)4,16-12-8-6-9-13-16)17-14-10-7-11-15-17/h5-15H,1-4H3. The van der Waals surface area contributed by atoms with Gasteiger partial charge in [0.2, 0.25) is 0 Å². The number of rotatable bonds is 4. The first-order valence-electron chi connectivity index (χ1n) is 7.09. The van der Waals surface area contributed by atoms with E-state index < -0.39 is 8.32 Å². The Bertz CT molecular complexity index is 489. The SMILES string of the molecule is C[CH]O[Si](c1ccccc1)(c1ccccc1)C(C)(C)C. The molecular weight excluding hydrogens is 260 g/mol. The minimum absolute atomic E-state index is 0.0578. The van der Waals surface area contributed by atoms with Gasteiger partial charge in [-0.05, 0) is 22.3 Å². The summed E-state index contributed by atoms with van der Waals surface area (Å²) in [4.78, 5) is 0. The molecule has 2 rings (SSSR count). The molecule has 0 heterocycles. The fourth-order valence-electron chi connectivity index (χ4n) is 2.87. The molecule has 0 aliphatic carbocycles. The summed E-state index contributed by atoms with van der Waals surface area (Å²) < 4.78 is 6.38. The van der Waals surface area contributed by atoms with Gasteiger partial charge in [0.15, 0.2) is 0 Å². The third-order valence-electron chi connectivity index (χ3n) is 3.71. The smallest absolute Gasteiger partial charge is 0.261 e. The summed E-state index contributed by atoms with van der Waals surface area (Å²) >= 11 is 0. The first kappa shape index (κ1) is 15.0. The van der Waals surface area contributed by atoms with Crippen LogP contribution in [0.2, 0.25) is 5.04 Å². The van der Waals surface area contributed by atoms with E-state index in [1.165, 1.54) is 10.4 Å². The number of hydrogen-bond donors (Lipinski definition) is 0. The fourth-order valence-corrected chi connectivity index (χ4v) is 7.24. The molecule has 0 aromatic heterocycles. The molecule has 20 heavy (non-hydrogen) atoms. The second-order valence-corrected chi connectivity index (χ2v) is 10.3. The van der Waals surface area contributed by atoms with Crippen LogP contribution in [0.4, 0.5) is 0 Å². The molecule has 0 N–H and O–H groups in total. The van der Waals surface area contributed by atoms with Crippen LogP contribution in [-0.4, -0.2) is 8.32 Å². The van der Waals surface area contributed by atoms with E-state index in [1.54, 1.807) is 0 Å². The zero-order chi connectivity index (χ0) is 14.6. The van der Waals surface area contributed by atoms with E-state index in [0.717, 1.165) is 0 Å². The molecule has 0 saturated heterocycles. The van der Waals surface area contributed by atoms with Crippen molar-refractivity contribution in [3.8, 4) is 0 Å². The van der Waals surface area contributed by atoms with Gasteiger partial charge in [0.05, 0.1) is 6.61 Å². The van der Waals surface area contributed by atoms with E-state index in [9.17, 15) is 0 Å². The molecule has 1 radical (unpaired) electrons. The zero-order valence-electron chi connectivity index (χ0n) is 12.8. The van der Waals surface area contributed by atoms with Gasteiger partial charge in [0.25, 0.3) is 8.32 Å². The Morgan fingerprint density at radius 3 is 1.50 bits per heavy atom. The Balaban J connectivity index is 2.70. The van der Waals surface area contributed by atoms with E-state index in [1.807, 2.05) is 13.5 Å². The normalized spacial score (nSPS) is 12.4. The predicted molar refractivity (Wildman–Crippen MR) is 88.7 cm³/mol. The lowest BCUT2D eigenvalue weighted by Gasteiger charge is -2.42. The van der Waals surface area contributed by atoms with Crippen LogP contribution in [0.1, 0.15) is 27.7 Å². The molecule has 0 amide bonds. The van der Waals surface area contributed by atoms with Gasteiger partial charge < -0.3 is 4.43 Å². The molecule has 2 aromatic rings. The van der Waals surface area contributed by atoms with Crippen LogP contribution in [0.25, 0.3) is 0 Å². The lowest BCUT2D eigenvalue weighted by Crippen LogP contribution is -2.66. The van der Waals surface area contributed by atoms with E-state index in [4.69, 9.17) is 4.43 Å². The van der Waals surface area contributed by atoms with Crippen molar-refractivity contribution < 1.29 is 4.43 Å².